The number of anilines is 1. The molecule has 9 nitrogen and oxygen atoms in total. The van der Waals surface area contributed by atoms with E-state index >= 15 is 0 Å². The van der Waals surface area contributed by atoms with Crippen LogP contribution in [0.25, 0.3) is 5.69 Å². The number of β-amino-alcohol motifs (C(OH)–C–C–N with tert-alkyl or cyclic N) is 1. The number of aromatic nitrogens is 2. The lowest BCUT2D eigenvalue weighted by molar-refractivity contribution is 0.00578. The van der Waals surface area contributed by atoms with Crippen LogP contribution in [-0.4, -0.2) is 77.4 Å². The maximum Gasteiger partial charge on any atom is 0.494 e. The summed E-state index contributed by atoms with van der Waals surface area (Å²) in [5.74, 6) is 0.709. The lowest BCUT2D eigenvalue weighted by Gasteiger charge is -2.36. The van der Waals surface area contributed by atoms with Crippen molar-refractivity contribution in [1.82, 2.24) is 14.7 Å². The normalized spacial score (nSPS) is 18.9. The summed E-state index contributed by atoms with van der Waals surface area (Å²) in [5.41, 5.74) is 0.838. The topological polar surface area (TPSA) is 89.3 Å². The van der Waals surface area contributed by atoms with Crippen LogP contribution in [0.4, 0.5) is 5.69 Å². The molecule has 0 spiro atoms. The first kappa shape index (κ1) is 27.7. The highest BCUT2D eigenvalue weighted by Gasteiger charge is 2.51. The van der Waals surface area contributed by atoms with Gasteiger partial charge in [0.1, 0.15) is 11.4 Å². The van der Waals surface area contributed by atoms with Gasteiger partial charge in [-0.2, -0.15) is 9.78 Å². The van der Waals surface area contributed by atoms with Gasteiger partial charge in [0.25, 0.3) is 0 Å². The van der Waals surface area contributed by atoms with Crippen molar-refractivity contribution in [2.75, 3.05) is 44.2 Å². The van der Waals surface area contributed by atoms with Gasteiger partial charge in [0.2, 0.25) is 5.75 Å². The number of aliphatic hydroxyl groups excluding tert-OH is 1. The van der Waals surface area contributed by atoms with Crippen molar-refractivity contribution in [3.63, 3.8) is 0 Å². The molecule has 0 aliphatic carbocycles. The fourth-order valence-electron chi connectivity index (χ4n) is 4.66. The molecule has 0 amide bonds. The average molecular weight is 553 g/mol. The Morgan fingerprint density at radius 1 is 0.974 bits per heavy atom. The lowest BCUT2D eigenvalue weighted by Crippen LogP contribution is -2.47. The van der Waals surface area contributed by atoms with Crippen LogP contribution >= 0.6 is 11.6 Å². The van der Waals surface area contributed by atoms with Gasteiger partial charge in [-0.05, 0) is 69.6 Å². The highest BCUT2D eigenvalue weighted by Crippen LogP contribution is 2.37. The summed E-state index contributed by atoms with van der Waals surface area (Å²) in [6, 6.07) is 14.3. The van der Waals surface area contributed by atoms with E-state index in [0.717, 1.165) is 18.6 Å². The van der Waals surface area contributed by atoms with Crippen LogP contribution in [-0.2, 0) is 9.31 Å². The fraction of sp³-hybridized carbons (Fsp3) is 0.429. The van der Waals surface area contributed by atoms with Crippen molar-refractivity contribution >= 4 is 29.9 Å². The number of piperazine rings is 1. The summed E-state index contributed by atoms with van der Waals surface area (Å²) < 4.78 is 19.9. The molecule has 39 heavy (non-hydrogen) atoms. The number of rotatable bonds is 7. The molecule has 1 N–H and O–H groups in total. The van der Waals surface area contributed by atoms with Crippen LogP contribution in [0, 0.1) is 0 Å². The van der Waals surface area contributed by atoms with Gasteiger partial charge in [-0.1, -0.05) is 23.7 Å². The minimum absolute atomic E-state index is 0.120. The van der Waals surface area contributed by atoms with Crippen LogP contribution in [0.3, 0.4) is 0 Å². The Morgan fingerprint density at radius 2 is 1.59 bits per heavy atom. The smallest absolute Gasteiger partial charge is 0.449 e. The zero-order valence-corrected chi connectivity index (χ0v) is 23.5. The monoisotopic (exact) mass is 552 g/mol. The first-order chi connectivity index (χ1) is 18.6. The first-order valence-electron chi connectivity index (χ1n) is 13.2. The number of ether oxygens (including phenoxy) is 1. The molecule has 2 aliphatic heterocycles. The Bertz CT molecular complexity index is 1340. The van der Waals surface area contributed by atoms with Gasteiger partial charge in [0.15, 0.2) is 0 Å². The molecule has 2 fully saturated rings. The van der Waals surface area contributed by atoms with E-state index < -0.39 is 18.3 Å². The Balaban J connectivity index is 1.44. The van der Waals surface area contributed by atoms with Gasteiger partial charge in [-0.3, -0.25) is 9.69 Å². The Labute approximate surface area is 234 Å². The Hall–Kier alpha value is -2.89. The maximum atomic E-state index is 13.7. The Kier molecular flexibility index (Phi) is 7.76. The third-order valence-corrected chi connectivity index (χ3v) is 7.99. The summed E-state index contributed by atoms with van der Waals surface area (Å²) in [7, 11) is -0.488. The van der Waals surface area contributed by atoms with Gasteiger partial charge >= 0.3 is 12.7 Å². The largest absolute Gasteiger partial charge is 0.494 e. The van der Waals surface area contributed by atoms with E-state index in [0.29, 0.717) is 41.8 Å². The third kappa shape index (κ3) is 5.71. The summed E-state index contributed by atoms with van der Waals surface area (Å²) in [5, 5.41) is 14.3. The summed E-state index contributed by atoms with van der Waals surface area (Å²) in [4.78, 5) is 18.0. The van der Waals surface area contributed by atoms with Gasteiger partial charge < -0.3 is 24.1 Å². The van der Waals surface area contributed by atoms with Crippen molar-refractivity contribution in [3.8, 4) is 17.2 Å². The first-order valence-corrected chi connectivity index (χ1v) is 13.6. The summed E-state index contributed by atoms with van der Waals surface area (Å²) in [6.07, 6.45) is 1.67. The molecule has 2 saturated heterocycles. The molecule has 3 aromatic rings. The number of benzene rings is 2. The predicted octanol–water partition coefficient (Wildman–Crippen LogP) is 3.09. The number of hydrogen-bond acceptors (Lipinski definition) is 8. The van der Waals surface area contributed by atoms with Crippen molar-refractivity contribution in [3.05, 3.63) is 70.1 Å². The standard InChI is InChI=1S/C28H34BClN4O5/c1-27(2)28(3,4)39-29(38-27)20-5-11-23(12-6-20)37-25-24(33-15-13-32(14-16-33)17-18-35)19-31-34(26(25)36)22-9-7-21(30)8-10-22/h5-12,19,35H,13-18H2,1-4H3. The molecule has 0 unspecified atom stereocenters. The minimum Gasteiger partial charge on any atom is -0.449 e. The average Bonchev–Trinajstić information content (AvgIpc) is 3.13. The van der Waals surface area contributed by atoms with Crippen LogP contribution in [0.1, 0.15) is 27.7 Å². The van der Waals surface area contributed by atoms with E-state index in [9.17, 15) is 9.90 Å². The predicted molar refractivity (Wildman–Crippen MR) is 153 cm³/mol. The van der Waals surface area contributed by atoms with Crippen molar-refractivity contribution in [2.24, 2.45) is 0 Å². The van der Waals surface area contributed by atoms with Gasteiger partial charge in [0, 0.05) is 37.7 Å². The Morgan fingerprint density at radius 3 is 2.18 bits per heavy atom. The van der Waals surface area contributed by atoms with Gasteiger partial charge in [-0.25, -0.2) is 0 Å². The number of hydrogen-bond donors (Lipinski definition) is 1. The third-order valence-electron chi connectivity index (χ3n) is 7.74. The molecule has 206 valence electrons. The van der Waals surface area contributed by atoms with Gasteiger partial charge in [0.05, 0.1) is 29.7 Å². The molecule has 3 heterocycles. The van der Waals surface area contributed by atoms with E-state index in [4.69, 9.17) is 25.6 Å². The molecular weight excluding hydrogens is 519 g/mol. The molecule has 2 aromatic carbocycles. The molecule has 0 atom stereocenters. The van der Waals surface area contributed by atoms with E-state index in [-0.39, 0.29) is 17.9 Å². The van der Waals surface area contributed by atoms with Gasteiger partial charge in [-0.15, -0.1) is 0 Å². The molecule has 5 rings (SSSR count). The molecule has 0 bridgehead atoms. The van der Waals surface area contributed by atoms with E-state index in [2.05, 4.69) is 14.9 Å². The quantitative estimate of drug-likeness (QED) is 0.448. The second-order valence-corrected chi connectivity index (χ2v) is 11.3. The highest BCUT2D eigenvalue weighted by molar-refractivity contribution is 6.62. The molecule has 11 heteroatoms. The van der Waals surface area contributed by atoms with Crippen LogP contribution in [0.2, 0.25) is 5.02 Å². The van der Waals surface area contributed by atoms with Crippen molar-refractivity contribution < 1.29 is 19.2 Å². The zero-order chi connectivity index (χ0) is 27.8. The summed E-state index contributed by atoms with van der Waals surface area (Å²) >= 11 is 6.05. The number of aliphatic hydroxyl groups is 1. The van der Waals surface area contributed by atoms with Crippen LogP contribution in [0.15, 0.2) is 59.5 Å². The zero-order valence-electron chi connectivity index (χ0n) is 22.8. The maximum absolute atomic E-state index is 13.7. The van der Waals surface area contributed by atoms with Crippen molar-refractivity contribution in [2.45, 2.75) is 38.9 Å². The molecule has 2 aliphatic rings. The lowest BCUT2D eigenvalue weighted by atomic mass is 9.79. The minimum atomic E-state index is -0.488. The molecule has 0 radical (unpaired) electrons. The van der Waals surface area contributed by atoms with Crippen LogP contribution in [0.5, 0.6) is 11.5 Å². The number of nitrogens with zero attached hydrogens (tertiary/aromatic N) is 4. The second-order valence-electron chi connectivity index (χ2n) is 10.9. The molecular formula is C28H34BClN4O5. The fourth-order valence-corrected chi connectivity index (χ4v) is 4.79. The van der Waals surface area contributed by atoms with Crippen molar-refractivity contribution in [1.29, 1.82) is 0 Å². The van der Waals surface area contributed by atoms with Crippen LogP contribution < -0.4 is 20.7 Å². The van der Waals surface area contributed by atoms with E-state index in [1.165, 1.54) is 4.68 Å². The van der Waals surface area contributed by atoms with E-state index in [1.54, 1.807) is 30.5 Å². The summed E-state index contributed by atoms with van der Waals surface area (Å²) in [6.45, 7) is 11.7. The molecule has 0 saturated carbocycles. The SMILES string of the molecule is CC1(C)OB(c2ccc(Oc3c(N4CCN(CCO)CC4)cnn(-c4ccc(Cl)cc4)c3=O)cc2)OC1(C)C. The molecule has 1 aromatic heterocycles. The highest BCUT2D eigenvalue weighted by atomic mass is 35.5. The van der Waals surface area contributed by atoms with E-state index in [1.807, 2.05) is 52.0 Å². The second kappa shape index (κ2) is 10.9. The number of halogens is 1.